The summed E-state index contributed by atoms with van der Waals surface area (Å²) >= 11 is -0.544. The fraction of sp³-hybridized carbons (Fsp3) is 0.660. The summed E-state index contributed by atoms with van der Waals surface area (Å²) in [6.45, 7) is 12.4. The Morgan fingerprint density at radius 1 is 1.00 bits per heavy atom. The lowest BCUT2D eigenvalue weighted by Gasteiger charge is -2.31. The Kier molecular flexibility index (Phi) is 26.3. The van der Waals surface area contributed by atoms with Crippen LogP contribution in [-0.4, -0.2) is 183 Å². The van der Waals surface area contributed by atoms with Gasteiger partial charge in [-0.15, -0.1) is 5.10 Å². The molecule has 10 amide bonds. The standard InChI is InChI=1S/C47H75N13O14S2/c1-8-25(3)40(54-37(65)9-2)45(71)50-19-38(66)52-33(43(69)53-32(18-36(48)64)47(73)59-22-31(62)17-34(59)44(70)55-41(42(49)68)28(6)35(63)23-61)24-76(74)29(7)51-27(5)12-15-75-14-11-10-13-58-20-30(56-57-58)21-60-39(67)16-26(4)46(60)72/h12,20,25-26,28,31-35,40-41,51,61-63H,7-11,13-19,21-24H2,1-6H3,(H2,48,64)(H2,49,68)(H,50,71)(H,52,66)(H,53,69)(H,54,65)(H,55,70)/b27-12-/t25-,26?,28-,31+,32-,33-,34-,35-,40-,41-,76?/m0/s1. The third kappa shape index (κ3) is 19.8. The highest BCUT2D eigenvalue weighted by atomic mass is 32.2. The predicted octanol–water partition coefficient (Wildman–Crippen LogP) is -3.78. The Morgan fingerprint density at radius 3 is 2.30 bits per heavy atom. The largest absolute Gasteiger partial charge is 0.610 e. The number of amides is 10. The van der Waals surface area contributed by atoms with Gasteiger partial charge in [-0.1, -0.05) is 52.3 Å². The second-order valence-electron chi connectivity index (χ2n) is 18.9. The molecule has 76 heavy (non-hydrogen) atoms. The number of aromatic nitrogens is 3. The molecule has 1 aromatic heterocycles. The second-order valence-corrected chi connectivity index (χ2v) is 21.5. The monoisotopic (exact) mass is 1110 g/mol. The van der Waals surface area contributed by atoms with Crippen molar-refractivity contribution in [2.45, 2.75) is 142 Å². The van der Waals surface area contributed by atoms with E-state index >= 15 is 0 Å². The van der Waals surface area contributed by atoms with E-state index in [1.165, 1.54) is 11.8 Å². The molecule has 3 rings (SSSR count). The highest BCUT2D eigenvalue weighted by molar-refractivity contribution is 7.99. The molecule has 29 heteroatoms. The molecule has 2 fully saturated rings. The number of nitrogens with one attached hydrogen (secondary N) is 6. The predicted molar refractivity (Wildman–Crippen MR) is 277 cm³/mol. The maximum atomic E-state index is 14.2. The summed E-state index contributed by atoms with van der Waals surface area (Å²) in [7, 11) is 0. The lowest BCUT2D eigenvalue weighted by Crippen LogP contribution is -2.60. The van der Waals surface area contributed by atoms with Gasteiger partial charge in [-0.2, -0.15) is 11.8 Å². The highest BCUT2D eigenvalue weighted by Crippen LogP contribution is 2.23. The molecule has 0 aromatic carbocycles. The van der Waals surface area contributed by atoms with Crippen molar-refractivity contribution in [3.05, 3.63) is 35.3 Å². The van der Waals surface area contributed by atoms with Gasteiger partial charge >= 0.3 is 0 Å². The number of nitrogens with zero attached hydrogens (tertiary/aromatic N) is 5. The molecule has 2 aliphatic rings. The zero-order chi connectivity index (χ0) is 57.0. The first-order chi connectivity index (χ1) is 35.8. The number of carbonyl (C=O) groups excluding carboxylic acids is 10. The van der Waals surface area contributed by atoms with Crippen LogP contribution in [0, 0.1) is 17.8 Å². The number of hydrogen-bond acceptors (Lipinski definition) is 18. The summed E-state index contributed by atoms with van der Waals surface area (Å²) in [6.07, 6.45) is 1.86. The number of thioether (sulfide) groups is 1. The Bertz CT molecular complexity index is 2290. The average molecular weight is 1110 g/mol. The Morgan fingerprint density at radius 2 is 1.70 bits per heavy atom. The Balaban J connectivity index is 1.72. The molecule has 2 aliphatic heterocycles. The third-order valence-corrected chi connectivity index (χ3v) is 15.0. The van der Waals surface area contributed by atoms with Crippen molar-refractivity contribution in [2.75, 3.05) is 37.0 Å². The van der Waals surface area contributed by atoms with Crippen molar-refractivity contribution in [3.63, 3.8) is 0 Å². The fourth-order valence-electron chi connectivity index (χ4n) is 7.98. The van der Waals surface area contributed by atoms with E-state index in [-0.39, 0.29) is 54.5 Å². The summed E-state index contributed by atoms with van der Waals surface area (Å²) in [5.41, 5.74) is 12.0. The van der Waals surface area contributed by atoms with Crippen LogP contribution >= 0.6 is 11.8 Å². The number of aliphatic hydroxyl groups excluding tert-OH is 3. The van der Waals surface area contributed by atoms with E-state index in [1.54, 1.807) is 57.3 Å². The van der Waals surface area contributed by atoms with Crippen molar-refractivity contribution < 1.29 is 67.8 Å². The van der Waals surface area contributed by atoms with E-state index in [0.29, 0.717) is 30.1 Å². The van der Waals surface area contributed by atoms with E-state index in [9.17, 15) is 67.8 Å². The second kappa shape index (κ2) is 31.2. The number of carbonyl (C=O) groups is 10. The molecule has 13 N–H and O–H groups in total. The third-order valence-electron chi connectivity index (χ3n) is 12.8. The number of likely N-dealkylation sites (tertiary alicyclic amines) is 2. The number of primary amides is 2. The van der Waals surface area contributed by atoms with Crippen molar-refractivity contribution in [1.29, 1.82) is 0 Å². The van der Waals surface area contributed by atoms with Gasteiger partial charge in [0.05, 0.1) is 44.5 Å². The molecule has 2 unspecified atom stereocenters. The van der Waals surface area contributed by atoms with Crippen LogP contribution in [-0.2, 0) is 72.2 Å². The van der Waals surface area contributed by atoms with Gasteiger partial charge < -0.3 is 68.1 Å². The molecule has 0 aliphatic carbocycles. The molecule has 424 valence electrons. The SMILES string of the molecule is C=C(N/C(C)=C\CSCCCCn1cc(CN2C(=O)CC(C)C2=O)nn1)[S+]([O-])C[C@H](NC(=O)CNC(=O)[C@@H](NC(=O)CC)[C@@H](C)CC)C(=O)N[C@@H](CC(N)=O)C(=O)N1C[C@H](O)C[C@H]1C(=O)N[C@H](C(N)=O)[C@@H](C)[C@@H](O)CO. The van der Waals surface area contributed by atoms with Gasteiger partial charge in [0.2, 0.25) is 64.1 Å². The van der Waals surface area contributed by atoms with Crippen LogP contribution in [0.1, 0.15) is 92.2 Å². The smallest absolute Gasteiger partial charge is 0.248 e. The van der Waals surface area contributed by atoms with Gasteiger partial charge in [-0.25, -0.2) is 0 Å². The fourth-order valence-corrected chi connectivity index (χ4v) is 9.94. The van der Waals surface area contributed by atoms with Gasteiger partial charge in [-0.3, -0.25) is 57.5 Å². The van der Waals surface area contributed by atoms with E-state index in [1.807, 2.05) is 6.08 Å². The van der Waals surface area contributed by atoms with Gasteiger partial charge in [0.1, 0.15) is 35.6 Å². The minimum atomic E-state index is -2.15. The van der Waals surface area contributed by atoms with Crippen LogP contribution in [0.25, 0.3) is 0 Å². The van der Waals surface area contributed by atoms with Crippen molar-refractivity contribution in [2.24, 2.45) is 29.2 Å². The topological polar surface area (TPSA) is 416 Å². The number of imide groups is 1. The summed E-state index contributed by atoms with van der Waals surface area (Å²) in [5, 5.41) is 53.3. The van der Waals surface area contributed by atoms with E-state index in [2.05, 4.69) is 48.8 Å². The summed E-state index contributed by atoms with van der Waals surface area (Å²) in [6, 6.07) is -7.64. The Hall–Kier alpha value is -6.14. The zero-order valence-corrected chi connectivity index (χ0v) is 45.4. The number of rotatable bonds is 33. The number of unbranched alkanes of at least 4 members (excludes halogenated alkanes) is 1. The minimum Gasteiger partial charge on any atom is -0.610 e. The lowest BCUT2D eigenvalue weighted by molar-refractivity contribution is -0.143. The normalized spacial score (nSPS) is 19.8. The van der Waals surface area contributed by atoms with E-state index in [0.717, 1.165) is 23.5 Å². The highest BCUT2D eigenvalue weighted by Gasteiger charge is 2.44. The molecule has 11 atom stereocenters. The summed E-state index contributed by atoms with van der Waals surface area (Å²) in [4.78, 5) is 132. The molecule has 1 aromatic rings. The molecule has 27 nitrogen and oxygen atoms in total. The molecular weight excluding hydrogens is 1030 g/mol. The van der Waals surface area contributed by atoms with E-state index in [4.69, 9.17) is 11.5 Å². The molecule has 0 saturated carbocycles. The first-order valence-electron chi connectivity index (χ1n) is 25.0. The average Bonchev–Trinajstić information content (AvgIpc) is 4.07. The first kappa shape index (κ1) is 64.1. The Labute approximate surface area is 448 Å². The number of allylic oxidation sites excluding steroid dienone is 1. The quantitative estimate of drug-likeness (QED) is 0.0183. The minimum absolute atomic E-state index is 0.0801. The van der Waals surface area contributed by atoms with Crippen LogP contribution in [0.2, 0.25) is 0 Å². The molecule has 0 radical (unpaired) electrons. The van der Waals surface area contributed by atoms with E-state index < -0.39 is 139 Å². The maximum absolute atomic E-state index is 14.2. The zero-order valence-electron chi connectivity index (χ0n) is 43.8. The number of aliphatic hydroxyl groups is 3. The van der Waals surface area contributed by atoms with Crippen LogP contribution in [0.3, 0.4) is 0 Å². The van der Waals surface area contributed by atoms with Crippen LogP contribution < -0.4 is 43.4 Å². The molecular formula is C47H75N13O14S2. The van der Waals surface area contributed by atoms with Crippen molar-refractivity contribution in [1.82, 2.24) is 56.7 Å². The number of β-amino-alcohol motifs (C(OH)–C–C–N with tert-alkyl or cyclic N) is 1. The van der Waals surface area contributed by atoms with Crippen molar-refractivity contribution in [3.8, 4) is 0 Å². The summed E-state index contributed by atoms with van der Waals surface area (Å²) < 4.78 is 15.5. The number of hydrogen-bond donors (Lipinski definition) is 11. The number of aryl methyl sites for hydroxylation is 1. The van der Waals surface area contributed by atoms with Gasteiger partial charge in [0.15, 0.2) is 6.04 Å². The van der Waals surface area contributed by atoms with Crippen LogP contribution in [0.5, 0.6) is 0 Å². The number of nitrogens with two attached hydrogens (primary N) is 2. The summed E-state index contributed by atoms with van der Waals surface area (Å²) in [5.74, 6) is -9.09. The van der Waals surface area contributed by atoms with Gasteiger partial charge in [-0.05, 0) is 38.0 Å². The molecule has 0 spiro atoms. The van der Waals surface area contributed by atoms with Crippen molar-refractivity contribution >= 4 is 82.0 Å². The van der Waals surface area contributed by atoms with Gasteiger partial charge in [0, 0.05) is 66.8 Å². The lowest BCUT2D eigenvalue weighted by atomic mass is 9.95. The van der Waals surface area contributed by atoms with Gasteiger partial charge in [0.25, 0.3) is 0 Å². The first-order valence-corrected chi connectivity index (χ1v) is 27.4. The molecule has 3 heterocycles. The maximum Gasteiger partial charge on any atom is 0.248 e. The van der Waals surface area contributed by atoms with Crippen LogP contribution in [0.4, 0.5) is 0 Å². The van der Waals surface area contributed by atoms with Crippen LogP contribution in [0.15, 0.2) is 29.6 Å². The molecule has 0 bridgehead atoms. The molecule has 2 saturated heterocycles.